The van der Waals surface area contributed by atoms with Crippen molar-refractivity contribution in [3.63, 3.8) is 0 Å². The van der Waals surface area contributed by atoms with Crippen LogP contribution in [0.1, 0.15) is 19.2 Å². The predicted molar refractivity (Wildman–Crippen MR) is 70.9 cm³/mol. The third-order valence-corrected chi connectivity index (χ3v) is 2.44. The van der Waals surface area contributed by atoms with Crippen LogP contribution in [0.3, 0.4) is 0 Å². The lowest BCUT2D eigenvalue weighted by molar-refractivity contribution is -0.120. The SMILES string of the molecule is CCCNc1cc(N(CCO)CC(F)(F)F)nc(C)n1. The van der Waals surface area contributed by atoms with E-state index in [2.05, 4.69) is 15.3 Å². The van der Waals surface area contributed by atoms with E-state index in [1.807, 2.05) is 6.92 Å². The molecule has 0 aromatic carbocycles. The lowest BCUT2D eigenvalue weighted by Crippen LogP contribution is -2.37. The molecule has 1 aromatic heterocycles. The average Bonchev–Trinajstić information content (AvgIpc) is 2.33. The molecule has 0 fully saturated rings. The number of alkyl halides is 3. The highest BCUT2D eigenvalue weighted by molar-refractivity contribution is 5.49. The summed E-state index contributed by atoms with van der Waals surface area (Å²) in [5, 5.41) is 11.9. The quantitative estimate of drug-likeness (QED) is 0.804. The molecule has 20 heavy (non-hydrogen) atoms. The number of aryl methyl sites for hydroxylation is 1. The molecular formula is C12H19F3N4O. The average molecular weight is 292 g/mol. The van der Waals surface area contributed by atoms with Crippen LogP contribution >= 0.6 is 0 Å². The molecule has 0 atom stereocenters. The van der Waals surface area contributed by atoms with Crippen molar-refractivity contribution in [1.29, 1.82) is 0 Å². The minimum atomic E-state index is -4.36. The van der Waals surface area contributed by atoms with Crippen LogP contribution in [0.5, 0.6) is 0 Å². The number of nitrogens with one attached hydrogen (secondary N) is 1. The zero-order chi connectivity index (χ0) is 15.2. The van der Waals surface area contributed by atoms with Crippen molar-refractivity contribution in [2.45, 2.75) is 26.4 Å². The Labute approximate surface area is 115 Å². The van der Waals surface area contributed by atoms with Crippen LogP contribution < -0.4 is 10.2 Å². The Kier molecular flexibility index (Phi) is 6.00. The molecule has 0 saturated carbocycles. The van der Waals surface area contributed by atoms with E-state index in [1.165, 1.54) is 6.07 Å². The van der Waals surface area contributed by atoms with Gasteiger partial charge in [0.2, 0.25) is 0 Å². The third kappa shape index (κ3) is 5.60. The minimum absolute atomic E-state index is 0.136. The summed E-state index contributed by atoms with van der Waals surface area (Å²) in [5.74, 6) is 1.02. The van der Waals surface area contributed by atoms with Gasteiger partial charge < -0.3 is 15.3 Å². The van der Waals surface area contributed by atoms with Gasteiger partial charge in [0.05, 0.1) is 6.61 Å². The van der Waals surface area contributed by atoms with Crippen LogP contribution in [-0.4, -0.2) is 47.5 Å². The molecule has 2 N–H and O–H groups in total. The number of aliphatic hydroxyl groups is 1. The maximum absolute atomic E-state index is 12.5. The molecule has 0 radical (unpaired) electrons. The fraction of sp³-hybridized carbons (Fsp3) is 0.667. The maximum atomic E-state index is 12.5. The van der Waals surface area contributed by atoms with Crippen LogP contribution in [0.4, 0.5) is 24.8 Å². The first-order chi connectivity index (χ1) is 9.35. The number of aromatic nitrogens is 2. The summed E-state index contributed by atoms with van der Waals surface area (Å²) in [6.45, 7) is 2.60. The van der Waals surface area contributed by atoms with Crippen molar-refractivity contribution in [3.05, 3.63) is 11.9 Å². The van der Waals surface area contributed by atoms with Crippen molar-refractivity contribution >= 4 is 11.6 Å². The van der Waals surface area contributed by atoms with Crippen LogP contribution in [0.15, 0.2) is 6.07 Å². The van der Waals surface area contributed by atoms with Crippen molar-refractivity contribution < 1.29 is 18.3 Å². The van der Waals surface area contributed by atoms with Crippen molar-refractivity contribution in [2.24, 2.45) is 0 Å². The second-order valence-electron chi connectivity index (χ2n) is 4.35. The van der Waals surface area contributed by atoms with Gasteiger partial charge in [-0.1, -0.05) is 6.92 Å². The number of aliphatic hydroxyl groups excluding tert-OH is 1. The van der Waals surface area contributed by atoms with Crippen LogP contribution in [0.25, 0.3) is 0 Å². The first-order valence-electron chi connectivity index (χ1n) is 6.38. The molecule has 0 unspecified atom stereocenters. The summed E-state index contributed by atoms with van der Waals surface area (Å²) in [5.41, 5.74) is 0. The number of nitrogens with zero attached hydrogens (tertiary/aromatic N) is 3. The van der Waals surface area contributed by atoms with Crippen molar-refractivity contribution in [2.75, 3.05) is 36.5 Å². The molecule has 0 amide bonds. The van der Waals surface area contributed by atoms with Gasteiger partial charge in [-0.25, -0.2) is 9.97 Å². The first kappa shape index (κ1) is 16.5. The van der Waals surface area contributed by atoms with Gasteiger partial charge in [0.1, 0.15) is 24.0 Å². The number of anilines is 2. The highest BCUT2D eigenvalue weighted by Gasteiger charge is 2.31. The highest BCUT2D eigenvalue weighted by atomic mass is 19.4. The van der Waals surface area contributed by atoms with Gasteiger partial charge in [0, 0.05) is 19.2 Å². The second kappa shape index (κ2) is 7.28. The van der Waals surface area contributed by atoms with Gasteiger partial charge >= 0.3 is 6.18 Å². The van der Waals surface area contributed by atoms with E-state index in [1.54, 1.807) is 6.92 Å². The zero-order valence-corrected chi connectivity index (χ0v) is 11.5. The van der Waals surface area contributed by atoms with E-state index in [0.717, 1.165) is 11.3 Å². The molecule has 0 aliphatic carbocycles. The molecule has 0 bridgehead atoms. The maximum Gasteiger partial charge on any atom is 0.405 e. The number of rotatable bonds is 7. The van der Waals surface area contributed by atoms with Gasteiger partial charge in [-0.05, 0) is 13.3 Å². The second-order valence-corrected chi connectivity index (χ2v) is 4.35. The Morgan fingerprint density at radius 2 is 2.05 bits per heavy atom. The Balaban J connectivity index is 2.96. The molecule has 114 valence electrons. The summed E-state index contributed by atoms with van der Waals surface area (Å²) >= 11 is 0. The van der Waals surface area contributed by atoms with Gasteiger partial charge in [-0.3, -0.25) is 0 Å². The number of hydrogen-bond donors (Lipinski definition) is 2. The van der Waals surface area contributed by atoms with Crippen LogP contribution in [0, 0.1) is 6.92 Å². The van der Waals surface area contributed by atoms with Gasteiger partial charge in [-0.2, -0.15) is 13.2 Å². The van der Waals surface area contributed by atoms with Crippen LogP contribution in [0.2, 0.25) is 0 Å². The van der Waals surface area contributed by atoms with E-state index in [4.69, 9.17) is 5.11 Å². The third-order valence-electron chi connectivity index (χ3n) is 2.44. The highest BCUT2D eigenvalue weighted by Crippen LogP contribution is 2.22. The molecule has 5 nitrogen and oxygen atoms in total. The lowest BCUT2D eigenvalue weighted by Gasteiger charge is -2.24. The molecule has 0 saturated heterocycles. The smallest absolute Gasteiger partial charge is 0.395 e. The monoisotopic (exact) mass is 292 g/mol. The molecule has 1 aromatic rings. The van der Waals surface area contributed by atoms with Crippen molar-refractivity contribution in [1.82, 2.24) is 9.97 Å². The summed E-state index contributed by atoms with van der Waals surface area (Å²) < 4.78 is 37.6. The molecule has 1 heterocycles. The molecule has 8 heteroatoms. The van der Waals surface area contributed by atoms with Gasteiger partial charge in [0.25, 0.3) is 0 Å². The van der Waals surface area contributed by atoms with E-state index >= 15 is 0 Å². The molecule has 0 aliphatic rings. The lowest BCUT2D eigenvalue weighted by atomic mass is 10.4. The summed E-state index contributed by atoms with van der Waals surface area (Å²) in [7, 11) is 0. The normalized spacial score (nSPS) is 11.5. The van der Waals surface area contributed by atoms with E-state index < -0.39 is 12.7 Å². The largest absolute Gasteiger partial charge is 0.405 e. The zero-order valence-electron chi connectivity index (χ0n) is 11.5. The summed E-state index contributed by atoms with van der Waals surface area (Å²) in [4.78, 5) is 9.12. The fourth-order valence-electron chi connectivity index (χ4n) is 1.67. The number of halogens is 3. The van der Waals surface area contributed by atoms with E-state index in [0.29, 0.717) is 18.2 Å². The minimum Gasteiger partial charge on any atom is -0.395 e. The van der Waals surface area contributed by atoms with Gasteiger partial charge in [-0.15, -0.1) is 0 Å². The molecule has 0 spiro atoms. The Morgan fingerprint density at radius 3 is 2.60 bits per heavy atom. The Morgan fingerprint density at radius 1 is 1.35 bits per heavy atom. The van der Waals surface area contributed by atoms with E-state index in [9.17, 15) is 13.2 Å². The Bertz CT molecular complexity index is 426. The van der Waals surface area contributed by atoms with Crippen LogP contribution in [-0.2, 0) is 0 Å². The molecule has 0 aliphatic heterocycles. The topological polar surface area (TPSA) is 61.3 Å². The summed E-state index contributed by atoms with van der Waals surface area (Å²) in [6, 6.07) is 1.46. The molecule has 1 rings (SSSR count). The number of hydrogen-bond acceptors (Lipinski definition) is 5. The Hall–Kier alpha value is -1.57. The fourth-order valence-corrected chi connectivity index (χ4v) is 1.67. The predicted octanol–water partition coefficient (Wildman–Crippen LogP) is 1.97. The standard InChI is InChI=1S/C12H19F3N4O/c1-3-4-16-10-7-11(18-9(2)17-10)19(5-6-20)8-12(13,14)15/h7,20H,3-6,8H2,1-2H3,(H,16,17,18). The molecular weight excluding hydrogens is 273 g/mol. The van der Waals surface area contributed by atoms with Gasteiger partial charge in [0.15, 0.2) is 0 Å². The summed E-state index contributed by atoms with van der Waals surface area (Å²) in [6.07, 6.45) is -3.48. The van der Waals surface area contributed by atoms with E-state index in [-0.39, 0.29) is 19.0 Å². The first-order valence-corrected chi connectivity index (χ1v) is 6.38. The van der Waals surface area contributed by atoms with Crippen molar-refractivity contribution in [3.8, 4) is 0 Å².